The van der Waals surface area contributed by atoms with Gasteiger partial charge in [-0.2, -0.15) is 0 Å². The van der Waals surface area contributed by atoms with Crippen molar-refractivity contribution >= 4 is 11.8 Å². The fraction of sp³-hybridized carbons (Fsp3) is 0.375. The molecule has 0 bridgehead atoms. The first-order chi connectivity index (χ1) is 9.14. The third-order valence-corrected chi connectivity index (χ3v) is 3.60. The van der Waals surface area contributed by atoms with Crippen molar-refractivity contribution in [1.82, 2.24) is 0 Å². The fourth-order valence-corrected chi connectivity index (χ4v) is 2.29. The van der Waals surface area contributed by atoms with Crippen molar-refractivity contribution in [3.05, 3.63) is 35.5 Å². The van der Waals surface area contributed by atoms with E-state index in [0.29, 0.717) is 11.1 Å². The Morgan fingerprint density at radius 1 is 1.55 bits per heavy atom. The van der Waals surface area contributed by atoms with Gasteiger partial charge < -0.3 is 10.2 Å². The van der Waals surface area contributed by atoms with Crippen LogP contribution in [0.15, 0.2) is 35.5 Å². The summed E-state index contributed by atoms with van der Waals surface area (Å²) < 4.78 is 0. The Morgan fingerprint density at radius 3 is 2.65 bits per heavy atom. The van der Waals surface area contributed by atoms with E-state index in [1.54, 1.807) is 20.8 Å². The zero-order chi connectivity index (χ0) is 15.6. The van der Waals surface area contributed by atoms with Crippen molar-refractivity contribution < 1.29 is 19.8 Å². The molecule has 20 heavy (non-hydrogen) atoms. The van der Waals surface area contributed by atoms with E-state index in [9.17, 15) is 14.7 Å². The standard InChI is InChI=1S/C16H18O4/c1-5-15(4)10-13(17)9-12(3)16(15,20)7-6-11(2)8-14(18)19/h1,6-9,20H,10H2,2-4H3,(H,18,19)/t15-,16+/m0/s1. The molecule has 0 spiro atoms. The van der Waals surface area contributed by atoms with Crippen LogP contribution in [0.3, 0.4) is 0 Å². The Morgan fingerprint density at radius 2 is 2.15 bits per heavy atom. The van der Waals surface area contributed by atoms with Crippen LogP contribution in [-0.2, 0) is 9.59 Å². The number of hydrogen-bond acceptors (Lipinski definition) is 3. The van der Waals surface area contributed by atoms with Crippen LogP contribution in [0.5, 0.6) is 0 Å². The van der Waals surface area contributed by atoms with Crippen LogP contribution < -0.4 is 0 Å². The third kappa shape index (κ3) is 2.89. The molecule has 0 fully saturated rings. The Labute approximate surface area is 118 Å². The molecule has 4 heteroatoms. The first-order valence-electron chi connectivity index (χ1n) is 6.17. The van der Waals surface area contributed by atoms with E-state index in [0.717, 1.165) is 6.08 Å². The topological polar surface area (TPSA) is 74.6 Å². The Bertz CT molecular complexity index is 574. The SMILES string of the molecule is C#C[C@@]1(C)CC(=O)C=C(C)[C@]1(O)C=CC(C)=CC(=O)O. The average molecular weight is 274 g/mol. The normalized spacial score (nSPS) is 31.1. The molecule has 0 aliphatic heterocycles. The lowest BCUT2D eigenvalue weighted by Crippen LogP contribution is -2.49. The first kappa shape index (κ1) is 15.9. The molecule has 0 amide bonds. The maximum atomic E-state index is 11.6. The van der Waals surface area contributed by atoms with Gasteiger partial charge in [0.15, 0.2) is 5.78 Å². The highest BCUT2D eigenvalue weighted by Gasteiger charge is 2.49. The summed E-state index contributed by atoms with van der Waals surface area (Å²) in [5.41, 5.74) is -1.60. The van der Waals surface area contributed by atoms with Crippen LogP contribution in [0.1, 0.15) is 27.2 Å². The van der Waals surface area contributed by atoms with E-state index in [1.807, 2.05) is 0 Å². The highest BCUT2D eigenvalue weighted by molar-refractivity contribution is 5.93. The minimum Gasteiger partial charge on any atom is -0.478 e. The third-order valence-electron chi connectivity index (χ3n) is 3.60. The molecule has 0 aromatic carbocycles. The van der Waals surface area contributed by atoms with E-state index in [2.05, 4.69) is 5.92 Å². The zero-order valence-electron chi connectivity index (χ0n) is 11.8. The van der Waals surface area contributed by atoms with Crippen molar-refractivity contribution in [2.24, 2.45) is 5.41 Å². The maximum Gasteiger partial charge on any atom is 0.328 e. The van der Waals surface area contributed by atoms with E-state index < -0.39 is 17.0 Å². The number of aliphatic hydroxyl groups is 1. The summed E-state index contributed by atoms with van der Waals surface area (Å²) in [6.07, 6.45) is 10.9. The molecule has 106 valence electrons. The lowest BCUT2D eigenvalue weighted by molar-refractivity contribution is -0.131. The number of hydrogen-bond donors (Lipinski definition) is 2. The predicted molar refractivity (Wildman–Crippen MR) is 75.8 cm³/mol. The van der Waals surface area contributed by atoms with Gasteiger partial charge in [0.05, 0.1) is 5.41 Å². The van der Waals surface area contributed by atoms with Gasteiger partial charge in [0, 0.05) is 12.5 Å². The quantitative estimate of drug-likeness (QED) is 0.468. The molecule has 2 atom stereocenters. The Kier molecular flexibility index (Phi) is 4.36. The summed E-state index contributed by atoms with van der Waals surface area (Å²) in [4.78, 5) is 22.2. The van der Waals surface area contributed by atoms with Gasteiger partial charge in [0.1, 0.15) is 5.60 Å². The minimum atomic E-state index is -1.47. The lowest BCUT2D eigenvalue weighted by atomic mass is 9.64. The number of rotatable bonds is 3. The Hall–Kier alpha value is -2.12. The summed E-state index contributed by atoms with van der Waals surface area (Å²) in [6.45, 7) is 4.88. The molecule has 0 aromatic rings. The largest absolute Gasteiger partial charge is 0.478 e. The molecule has 0 aromatic heterocycles. The monoisotopic (exact) mass is 274 g/mol. The maximum absolute atomic E-state index is 11.6. The molecule has 0 heterocycles. The highest BCUT2D eigenvalue weighted by atomic mass is 16.4. The lowest BCUT2D eigenvalue weighted by Gasteiger charge is -2.42. The van der Waals surface area contributed by atoms with Crippen molar-refractivity contribution in [3.8, 4) is 12.3 Å². The van der Waals surface area contributed by atoms with E-state index >= 15 is 0 Å². The summed E-state index contributed by atoms with van der Waals surface area (Å²) in [7, 11) is 0. The number of carboxylic acid groups (broad SMARTS) is 1. The molecule has 0 saturated carbocycles. The summed E-state index contributed by atoms with van der Waals surface area (Å²) >= 11 is 0. The molecule has 4 nitrogen and oxygen atoms in total. The van der Waals surface area contributed by atoms with E-state index in [-0.39, 0.29) is 12.2 Å². The predicted octanol–water partition coefficient (Wildman–Crippen LogP) is 1.86. The average Bonchev–Trinajstić information content (AvgIpc) is 2.33. The molecule has 0 radical (unpaired) electrons. The summed E-state index contributed by atoms with van der Waals surface area (Å²) in [5, 5.41) is 19.5. The van der Waals surface area contributed by atoms with Gasteiger partial charge in [0.25, 0.3) is 0 Å². The summed E-state index contributed by atoms with van der Waals surface area (Å²) in [5.74, 6) is 1.31. The molecule has 0 saturated heterocycles. The van der Waals surface area contributed by atoms with Gasteiger partial charge in [-0.1, -0.05) is 12.0 Å². The number of carbonyl (C=O) groups excluding carboxylic acids is 1. The van der Waals surface area contributed by atoms with Crippen LogP contribution in [0.2, 0.25) is 0 Å². The molecule has 1 aliphatic carbocycles. The van der Waals surface area contributed by atoms with Gasteiger partial charge >= 0.3 is 5.97 Å². The van der Waals surface area contributed by atoms with Crippen molar-refractivity contribution in [2.75, 3.05) is 0 Å². The number of terminal acetylenes is 1. The zero-order valence-corrected chi connectivity index (χ0v) is 11.8. The molecule has 1 aliphatic rings. The van der Waals surface area contributed by atoms with Crippen LogP contribution in [-0.4, -0.2) is 27.6 Å². The molecular weight excluding hydrogens is 256 g/mol. The number of carbonyl (C=O) groups is 2. The van der Waals surface area contributed by atoms with Gasteiger partial charge in [-0.05, 0) is 44.1 Å². The first-order valence-corrected chi connectivity index (χ1v) is 6.17. The minimum absolute atomic E-state index is 0.0450. The number of aliphatic carboxylic acids is 1. The van der Waals surface area contributed by atoms with Gasteiger partial charge in [-0.15, -0.1) is 6.42 Å². The van der Waals surface area contributed by atoms with Crippen LogP contribution in [0.4, 0.5) is 0 Å². The summed E-state index contributed by atoms with van der Waals surface area (Å²) in [6, 6.07) is 0. The Balaban J connectivity index is 3.27. The van der Waals surface area contributed by atoms with Crippen LogP contribution in [0, 0.1) is 17.8 Å². The number of ketones is 1. The van der Waals surface area contributed by atoms with Gasteiger partial charge in [-0.25, -0.2) is 4.79 Å². The van der Waals surface area contributed by atoms with Gasteiger partial charge in [0.2, 0.25) is 0 Å². The molecule has 0 unspecified atom stereocenters. The van der Waals surface area contributed by atoms with E-state index in [4.69, 9.17) is 11.5 Å². The molecular formula is C16H18O4. The number of allylic oxidation sites excluding steroid dienone is 3. The molecule has 2 N–H and O–H groups in total. The second-order valence-corrected chi connectivity index (χ2v) is 5.27. The van der Waals surface area contributed by atoms with Crippen molar-refractivity contribution in [3.63, 3.8) is 0 Å². The van der Waals surface area contributed by atoms with E-state index in [1.165, 1.54) is 18.2 Å². The van der Waals surface area contributed by atoms with Crippen molar-refractivity contribution in [2.45, 2.75) is 32.8 Å². The second kappa shape index (κ2) is 5.48. The number of carboxylic acids is 1. The van der Waals surface area contributed by atoms with Gasteiger partial charge in [-0.3, -0.25) is 4.79 Å². The molecule has 1 rings (SSSR count). The second-order valence-electron chi connectivity index (χ2n) is 5.27. The van der Waals surface area contributed by atoms with Crippen LogP contribution >= 0.6 is 0 Å². The van der Waals surface area contributed by atoms with Crippen molar-refractivity contribution in [1.29, 1.82) is 0 Å². The highest BCUT2D eigenvalue weighted by Crippen LogP contribution is 2.44. The van der Waals surface area contributed by atoms with Crippen LogP contribution in [0.25, 0.3) is 0 Å². The smallest absolute Gasteiger partial charge is 0.328 e. The fourth-order valence-electron chi connectivity index (χ4n) is 2.29.